The highest BCUT2D eigenvalue weighted by Gasteiger charge is 2.32. The Morgan fingerprint density at radius 2 is 1.78 bits per heavy atom. The second-order valence-electron chi connectivity index (χ2n) is 5.88. The molecule has 2 aromatic rings. The molecular formula is C20H21F3O3S. The summed E-state index contributed by atoms with van der Waals surface area (Å²) in [6, 6.07) is 12.0. The minimum atomic E-state index is -4.78. The van der Waals surface area contributed by atoms with Crippen LogP contribution in [0.15, 0.2) is 47.4 Å². The Morgan fingerprint density at radius 1 is 1.04 bits per heavy atom. The van der Waals surface area contributed by atoms with E-state index in [2.05, 4.69) is 4.74 Å². The van der Waals surface area contributed by atoms with Gasteiger partial charge in [0.1, 0.15) is 17.8 Å². The second kappa shape index (κ2) is 10.3. The molecule has 0 fully saturated rings. The number of ether oxygens (including phenoxy) is 2. The fraction of sp³-hybridized carbons (Fsp3) is 0.350. The van der Waals surface area contributed by atoms with Crippen molar-refractivity contribution >= 4 is 18.0 Å². The van der Waals surface area contributed by atoms with Crippen LogP contribution in [0.3, 0.4) is 0 Å². The SMILES string of the molecule is COc1ccc(CCCCCSc2ccc(C=O)cc2OC(F)(F)F)cc1. The Labute approximate surface area is 160 Å². The van der Waals surface area contributed by atoms with Crippen molar-refractivity contribution in [2.45, 2.75) is 36.9 Å². The van der Waals surface area contributed by atoms with E-state index >= 15 is 0 Å². The Balaban J connectivity index is 1.78. The van der Waals surface area contributed by atoms with Gasteiger partial charge in [0.2, 0.25) is 0 Å². The topological polar surface area (TPSA) is 35.5 Å². The van der Waals surface area contributed by atoms with Gasteiger partial charge in [-0.3, -0.25) is 4.79 Å². The number of thioether (sulfide) groups is 1. The number of carbonyl (C=O) groups excluding carboxylic acids is 1. The molecule has 0 aliphatic carbocycles. The molecule has 2 aromatic carbocycles. The molecule has 146 valence electrons. The van der Waals surface area contributed by atoms with Crippen molar-refractivity contribution in [3.63, 3.8) is 0 Å². The van der Waals surface area contributed by atoms with Crippen LogP contribution < -0.4 is 9.47 Å². The largest absolute Gasteiger partial charge is 0.573 e. The predicted molar refractivity (Wildman–Crippen MR) is 99.8 cm³/mol. The Hall–Kier alpha value is -2.15. The van der Waals surface area contributed by atoms with Gasteiger partial charge in [0.15, 0.2) is 0 Å². The molecule has 0 aliphatic rings. The molecule has 27 heavy (non-hydrogen) atoms. The van der Waals surface area contributed by atoms with Crippen LogP contribution >= 0.6 is 11.8 Å². The average molecular weight is 398 g/mol. The van der Waals surface area contributed by atoms with Gasteiger partial charge in [-0.1, -0.05) is 24.6 Å². The van der Waals surface area contributed by atoms with Crippen molar-refractivity contribution in [2.75, 3.05) is 12.9 Å². The van der Waals surface area contributed by atoms with Crippen molar-refractivity contribution in [1.29, 1.82) is 0 Å². The highest BCUT2D eigenvalue weighted by atomic mass is 32.2. The van der Waals surface area contributed by atoms with Gasteiger partial charge < -0.3 is 9.47 Å². The molecule has 0 saturated heterocycles. The van der Waals surface area contributed by atoms with Crippen LogP contribution in [0, 0.1) is 0 Å². The maximum Gasteiger partial charge on any atom is 0.573 e. The Kier molecular flexibility index (Phi) is 8.03. The Morgan fingerprint density at radius 3 is 2.41 bits per heavy atom. The lowest BCUT2D eigenvalue weighted by Crippen LogP contribution is -2.17. The van der Waals surface area contributed by atoms with Gasteiger partial charge in [-0.25, -0.2) is 0 Å². The minimum Gasteiger partial charge on any atom is -0.497 e. The van der Waals surface area contributed by atoms with Crippen molar-refractivity contribution in [3.05, 3.63) is 53.6 Å². The number of benzene rings is 2. The van der Waals surface area contributed by atoms with E-state index < -0.39 is 6.36 Å². The number of rotatable bonds is 10. The lowest BCUT2D eigenvalue weighted by molar-refractivity contribution is -0.275. The monoisotopic (exact) mass is 398 g/mol. The summed E-state index contributed by atoms with van der Waals surface area (Å²) in [5.74, 6) is 1.18. The first kappa shape index (κ1) is 21.2. The van der Waals surface area contributed by atoms with Crippen LogP contribution in [0.25, 0.3) is 0 Å². The summed E-state index contributed by atoms with van der Waals surface area (Å²) in [5, 5.41) is 0. The first-order valence-electron chi connectivity index (χ1n) is 8.52. The molecule has 0 atom stereocenters. The van der Waals surface area contributed by atoms with Gasteiger partial charge >= 0.3 is 6.36 Å². The number of halogens is 3. The summed E-state index contributed by atoms with van der Waals surface area (Å²) in [7, 11) is 1.63. The zero-order valence-corrected chi connectivity index (χ0v) is 15.7. The molecule has 7 heteroatoms. The van der Waals surface area contributed by atoms with Crippen LogP contribution in [0.4, 0.5) is 13.2 Å². The summed E-state index contributed by atoms with van der Waals surface area (Å²) in [5.41, 5.74) is 1.38. The first-order chi connectivity index (χ1) is 12.9. The summed E-state index contributed by atoms with van der Waals surface area (Å²) in [6.45, 7) is 0. The van der Waals surface area contributed by atoms with Gasteiger partial charge in [0.05, 0.1) is 7.11 Å². The standard InChI is InChI=1S/C20H21F3O3S/c1-25-17-9-6-15(7-10-17)5-3-2-4-12-27-19-11-8-16(14-24)13-18(19)26-20(21,22)23/h6-11,13-14H,2-5,12H2,1H3. The smallest absolute Gasteiger partial charge is 0.497 e. The summed E-state index contributed by atoms with van der Waals surface area (Å²) in [4.78, 5) is 11.2. The normalized spacial score (nSPS) is 11.3. The highest BCUT2D eigenvalue weighted by Crippen LogP contribution is 2.34. The van der Waals surface area contributed by atoms with Gasteiger partial charge in [0, 0.05) is 10.5 Å². The maximum absolute atomic E-state index is 12.5. The number of alkyl halides is 3. The molecule has 0 saturated carbocycles. The number of unbranched alkanes of at least 4 members (excludes halogenated alkanes) is 2. The van der Waals surface area contributed by atoms with Gasteiger partial charge in [-0.15, -0.1) is 24.9 Å². The van der Waals surface area contributed by atoms with E-state index in [-0.39, 0.29) is 11.3 Å². The molecular weight excluding hydrogens is 377 g/mol. The van der Waals surface area contributed by atoms with E-state index in [4.69, 9.17) is 4.74 Å². The van der Waals surface area contributed by atoms with Gasteiger partial charge in [0.25, 0.3) is 0 Å². The third-order valence-corrected chi connectivity index (χ3v) is 5.00. The van der Waals surface area contributed by atoms with Crippen LogP contribution in [-0.4, -0.2) is 25.5 Å². The second-order valence-corrected chi connectivity index (χ2v) is 7.02. The fourth-order valence-electron chi connectivity index (χ4n) is 2.50. The van der Waals surface area contributed by atoms with E-state index in [1.807, 2.05) is 24.3 Å². The number of hydrogen-bond acceptors (Lipinski definition) is 4. The first-order valence-corrected chi connectivity index (χ1v) is 9.50. The molecule has 2 rings (SSSR count). The average Bonchev–Trinajstić information content (AvgIpc) is 2.64. The fourth-order valence-corrected chi connectivity index (χ4v) is 3.48. The van der Waals surface area contributed by atoms with Crippen LogP contribution in [0.5, 0.6) is 11.5 Å². The molecule has 3 nitrogen and oxygen atoms in total. The molecule has 0 amide bonds. The number of hydrogen-bond donors (Lipinski definition) is 0. The molecule has 0 N–H and O–H groups in total. The van der Waals surface area contributed by atoms with E-state index in [1.165, 1.54) is 29.5 Å². The molecule has 0 spiro atoms. The summed E-state index contributed by atoms with van der Waals surface area (Å²) >= 11 is 1.30. The van der Waals surface area contributed by atoms with Crippen LogP contribution in [-0.2, 0) is 6.42 Å². The van der Waals surface area contributed by atoms with Gasteiger partial charge in [-0.05, 0) is 54.8 Å². The maximum atomic E-state index is 12.5. The van der Waals surface area contributed by atoms with E-state index in [0.717, 1.165) is 37.5 Å². The molecule has 0 unspecified atom stereocenters. The number of methoxy groups -OCH3 is 1. The van der Waals surface area contributed by atoms with Crippen molar-refractivity contribution in [3.8, 4) is 11.5 Å². The van der Waals surface area contributed by atoms with E-state index in [0.29, 0.717) is 16.9 Å². The third kappa shape index (κ3) is 7.54. The number of aryl methyl sites for hydroxylation is 1. The predicted octanol–water partition coefficient (Wildman–Crippen LogP) is 5.91. The molecule has 0 aromatic heterocycles. The third-order valence-electron chi connectivity index (χ3n) is 3.86. The molecule has 0 aliphatic heterocycles. The molecule has 0 bridgehead atoms. The number of carbonyl (C=O) groups is 1. The Bertz CT molecular complexity index is 730. The zero-order chi connectivity index (χ0) is 19.7. The van der Waals surface area contributed by atoms with Crippen LogP contribution in [0.1, 0.15) is 35.2 Å². The molecule has 0 radical (unpaired) electrons. The summed E-state index contributed by atoms with van der Waals surface area (Å²) in [6.07, 6.45) is -0.483. The van der Waals surface area contributed by atoms with Crippen molar-refractivity contribution < 1.29 is 27.4 Å². The quantitative estimate of drug-likeness (QED) is 0.283. The van der Waals surface area contributed by atoms with Crippen molar-refractivity contribution in [1.82, 2.24) is 0 Å². The lowest BCUT2D eigenvalue weighted by atomic mass is 10.1. The van der Waals surface area contributed by atoms with E-state index in [9.17, 15) is 18.0 Å². The van der Waals surface area contributed by atoms with Crippen molar-refractivity contribution in [2.24, 2.45) is 0 Å². The highest BCUT2D eigenvalue weighted by molar-refractivity contribution is 7.99. The zero-order valence-electron chi connectivity index (χ0n) is 14.9. The summed E-state index contributed by atoms with van der Waals surface area (Å²) < 4.78 is 46.7. The van der Waals surface area contributed by atoms with Crippen LogP contribution in [0.2, 0.25) is 0 Å². The number of aldehydes is 1. The van der Waals surface area contributed by atoms with Gasteiger partial charge in [-0.2, -0.15) is 0 Å². The molecule has 0 heterocycles. The lowest BCUT2D eigenvalue weighted by Gasteiger charge is -2.13. The minimum absolute atomic E-state index is 0.151. The van der Waals surface area contributed by atoms with E-state index in [1.54, 1.807) is 7.11 Å².